The van der Waals surface area contributed by atoms with Crippen LogP contribution in [0.1, 0.15) is 34.6 Å². The van der Waals surface area contributed by atoms with E-state index in [1.165, 1.54) is 12.7 Å². The Labute approximate surface area is 180 Å². The molecule has 0 aliphatic heterocycles. The third-order valence-corrected chi connectivity index (χ3v) is 6.59. The van der Waals surface area contributed by atoms with Gasteiger partial charge in [0, 0.05) is 5.56 Å². The van der Waals surface area contributed by atoms with E-state index < -0.39 is 0 Å². The number of esters is 1. The third kappa shape index (κ3) is 2.81. The number of benzene rings is 2. The fourth-order valence-corrected chi connectivity index (χ4v) is 4.66. The molecule has 152 valence electrons. The van der Waals surface area contributed by atoms with Crippen LogP contribution in [-0.2, 0) is 10.2 Å². The van der Waals surface area contributed by atoms with E-state index in [2.05, 4.69) is 38.4 Å². The van der Waals surface area contributed by atoms with Crippen LogP contribution in [0.3, 0.4) is 0 Å². The summed E-state index contributed by atoms with van der Waals surface area (Å²) in [4.78, 5) is 20.5. The summed E-state index contributed by atoms with van der Waals surface area (Å²) in [6.45, 7) is 0. The van der Waals surface area contributed by atoms with Crippen LogP contribution in [0.2, 0.25) is 0 Å². The Morgan fingerprint density at radius 1 is 1.10 bits per heavy atom. The number of ether oxygens (including phenoxy) is 1. The van der Waals surface area contributed by atoms with E-state index in [9.17, 15) is 4.79 Å². The second-order valence-corrected chi connectivity index (χ2v) is 8.45. The number of aromatic nitrogens is 6. The van der Waals surface area contributed by atoms with Crippen LogP contribution in [0.5, 0.6) is 0 Å². The number of rotatable bonds is 4. The smallest absolute Gasteiger partial charge is 0.337 e. The molecule has 0 saturated heterocycles. The Hall–Kier alpha value is -3.72. The van der Waals surface area contributed by atoms with Gasteiger partial charge in [0.25, 0.3) is 5.78 Å². The van der Waals surface area contributed by atoms with E-state index in [0.29, 0.717) is 17.0 Å². The molecule has 8 nitrogen and oxygen atoms in total. The van der Waals surface area contributed by atoms with Crippen LogP contribution < -0.4 is 0 Å². The van der Waals surface area contributed by atoms with Crippen LogP contribution >= 0.6 is 11.3 Å². The Kier molecular flexibility index (Phi) is 3.87. The van der Waals surface area contributed by atoms with Crippen molar-refractivity contribution in [1.29, 1.82) is 0 Å². The molecule has 0 radical (unpaired) electrons. The molecule has 3 heterocycles. The van der Waals surface area contributed by atoms with Crippen molar-refractivity contribution in [3.63, 3.8) is 0 Å². The second kappa shape index (κ2) is 6.64. The van der Waals surface area contributed by atoms with Crippen LogP contribution in [0.25, 0.3) is 27.3 Å². The first-order valence-corrected chi connectivity index (χ1v) is 10.7. The summed E-state index contributed by atoms with van der Waals surface area (Å²) in [5.41, 5.74) is 5.88. The molecule has 1 aliphatic rings. The lowest BCUT2D eigenvalue weighted by molar-refractivity contribution is 0.0601. The summed E-state index contributed by atoms with van der Waals surface area (Å²) in [6.07, 6.45) is 3.64. The minimum Gasteiger partial charge on any atom is -0.465 e. The fourth-order valence-electron chi connectivity index (χ4n) is 3.94. The van der Waals surface area contributed by atoms with Gasteiger partial charge < -0.3 is 4.74 Å². The molecule has 1 fully saturated rings. The van der Waals surface area contributed by atoms with Crippen LogP contribution in [-0.4, -0.2) is 42.9 Å². The molecule has 2 aromatic carbocycles. The van der Waals surface area contributed by atoms with Gasteiger partial charge >= 0.3 is 5.97 Å². The first-order valence-electron chi connectivity index (χ1n) is 9.79. The van der Waals surface area contributed by atoms with Gasteiger partial charge in [-0.2, -0.15) is 9.61 Å². The molecule has 1 saturated carbocycles. The molecule has 6 rings (SSSR count). The van der Waals surface area contributed by atoms with Crippen molar-refractivity contribution >= 4 is 33.3 Å². The molecule has 0 amide bonds. The minimum absolute atomic E-state index is 0.209. The molecule has 1 aliphatic carbocycles. The lowest BCUT2D eigenvalue weighted by Gasteiger charge is -2.13. The zero-order valence-electron chi connectivity index (χ0n) is 16.5. The SMILES string of the molecule is COC(=O)c1ccc(-c2cnc3nnc(C4(c5ccc6ncsc6c5)CC4)n3n2)cc1. The van der Waals surface area contributed by atoms with Gasteiger partial charge in [0.15, 0.2) is 5.82 Å². The summed E-state index contributed by atoms with van der Waals surface area (Å²) in [5, 5.41) is 13.5. The Morgan fingerprint density at radius 2 is 1.94 bits per heavy atom. The Morgan fingerprint density at radius 3 is 2.71 bits per heavy atom. The number of thiazole rings is 1. The summed E-state index contributed by atoms with van der Waals surface area (Å²) in [6, 6.07) is 13.5. The van der Waals surface area contributed by atoms with Crippen molar-refractivity contribution in [2.24, 2.45) is 0 Å². The highest BCUT2D eigenvalue weighted by atomic mass is 32.1. The zero-order valence-corrected chi connectivity index (χ0v) is 17.3. The highest BCUT2D eigenvalue weighted by Gasteiger charge is 2.50. The largest absolute Gasteiger partial charge is 0.465 e. The number of nitrogens with zero attached hydrogens (tertiary/aromatic N) is 6. The van der Waals surface area contributed by atoms with Gasteiger partial charge in [-0.1, -0.05) is 18.2 Å². The second-order valence-electron chi connectivity index (χ2n) is 7.56. The summed E-state index contributed by atoms with van der Waals surface area (Å²) >= 11 is 1.64. The Bertz CT molecular complexity index is 1450. The fraction of sp³-hybridized carbons (Fsp3) is 0.182. The van der Waals surface area contributed by atoms with Gasteiger partial charge in [-0.3, -0.25) is 0 Å². The van der Waals surface area contributed by atoms with Crippen molar-refractivity contribution in [2.45, 2.75) is 18.3 Å². The monoisotopic (exact) mass is 428 g/mol. The van der Waals surface area contributed by atoms with Crippen molar-refractivity contribution in [3.8, 4) is 11.3 Å². The van der Waals surface area contributed by atoms with Gasteiger partial charge in [-0.25, -0.2) is 14.8 Å². The van der Waals surface area contributed by atoms with E-state index in [1.807, 2.05) is 17.6 Å². The van der Waals surface area contributed by atoms with Crippen LogP contribution in [0, 0.1) is 0 Å². The van der Waals surface area contributed by atoms with E-state index in [1.54, 1.807) is 34.2 Å². The molecule has 9 heteroatoms. The molecule has 0 atom stereocenters. The third-order valence-electron chi connectivity index (χ3n) is 5.80. The lowest BCUT2D eigenvalue weighted by Crippen LogP contribution is -2.15. The number of carbonyl (C=O) groups excluding carboxylic acids is 1. The molecule has 31 heavy (non-hydrogen) atoms. The van der Waals surface area contributed by atoms with E-state index in [-0.39, 0.29) is 11.4 Å². The molecule has 0 unspecified atom stereocenters. The van der Waals surface area contributed by atoms with E-state index in [0.717, 1.165) is 34.4 Å². The first kappa shape index (κ1) is 18.1. The maximum Gasteiger partial charge on any atom is 0.337 e. The number of hydrogen-bond acceptors (Lipinski definition) is 8. The van der Waals surface area contributed by atoms with Crippen molar-refractivity contribution in [3.05, 3.63) is 71.1 Å². The normalized spacial score (nSPS) is 14.7. The molecule has 0 N–H and O–H groups in total. The van der Waals surface area contributed by atoms with Gasteiger partial charge in [0.2, 0.25) is 0 Å². The van der Waals surface area contributed by atoms with Gasteiger partial charge in [-0.05, 0) is 42.7 Å². The maximum atomic E-state index is 11.7. The zero-order chi connectivity index (χ0) is 21.0. The quantitative estimate of drug-likeness (QED) is 0.403. The van der Waals surface area contributed by atoms with Crippen LogP contribution in [0.15, 0.2) is 54.2 Å². The van der Waals surface area contributed by atoms with Crippen LogP contribution in [0.4, 0.5) is 0 Å². The number of carbonyl (C=O) groups is 1. The Balaban J connectivity index is 1.43. The molecule has 0 spiro atoms. The van der Waals surface area contributed by atoms with E-state index >= 15 is 0 Å². The summed E-state index contributed by atoms with van der Waals surface area (Å²) in [7, 11) is 1.36. The average Bonchev–Trinajstić information content (AvgIpc) is 3.29. The first-order chi connectivity index (χ1) is 15.2. The van der Waals surface area contributed by atoms with Crippen molar-refractivity contribution in [1.82, 2.24) is 29.8 Å². The van der Waals surface area contributed by atoms with E-state index in [4.69, 9.17) is 9.84 Å². The minimum atomic E-state index is -0.372. The molecular weight excluding hydrogens is 412 g/mol. The van der Waals surface area contributed by atoms with Gasteiger partial charge in [-0.15, -0.1) is 21.5 Å². The topological polar surface area (TPSA) is 95.2 Å². The maximum absolute atomic E-state index is 11.7. The van der Waals surface area contributed by atoms with Crippen molar-refractivity contribution in [2.75, 3.05) is 7.11 Å². The molecule has 5 aromatic rings. The average molecular weight is 428 g/mol. The lowest BCUT2D eigenvalue weighted by atomic mass is 9.95. The van der Waals surface area contributed by atoms with Gasteiger partial charge in [0.05, 0.1) is 40.0 Å². The standard InChI is InChI=1S/C22H16N6O2S/c1-30-19(29)14-4-2-13(3-5-14)17-11-23-21-26-25-20(28(21)27-17)22(8-9-22)15-6-7-16-18(10-15)31-12-24-16/h2-7,10-12H,8-9H2,1H3. The summed E-state index contributed by atoms with van der Waals surface area (Å²) in [5.74, 6) is 0.893. The number of hydrogen-bond donors (Lipinski definition) is 0. The summed E-state index contributed by atoms with van der Waals surface area (Å²) < 4.78 is 7.67. The predicted octanol–water partition coefficient (Wildman–Crippen LogP) is 3.66. The highest BCUT2D eigenvalue weighted by Crippen LogP contribution is 2.53. The highest BCUT2D eigenvalue weighted by molar-refractivity contribution is 7.16. The van der Waals surface area contributed by atoms with Gasteiger partial charge in [0.1, 0.15) is 5.69 Å². The number of fused-ring (bicyclic) bond motifs is 2. The predicted molar refractivity (Wildman–Crippen MR) is 115 cm³/mol. The molecule has 3 aromatic heterocycles. The van der Waals surface area contributed by atoms with Crippen molar-refractivity contribution < 1.29 is 9.53 Å². The molecular formula is C22H16N6O2S. The number of methoxy groups -OCH3 is 1. The molecule has 0 bridgehead atoms.